The van der Waals surface area contributed by atoms with Crippen LogP contribution in [0.4, 0.5) is 0 Å². The summed E-state index contributed by atoms with van der Waals surface area (Å²) in [5.74, 6) is 3.47. The SMILES string of the molecule is CC.CC(C)CCC(=O)N1CCC(Cc2nccn2CC(C)C)CC1. The molecule has 0 unspecified atom stereocenters. The molecule has 0 aromatic carbocycles. The van der Waals surface area contributed by atoms with Gasteiger partial charge in [-0.15, -0.1) is 0 Å². The number of nitrogens with zero attached hydrogens (tertiary/aromatic N) is 3. The van der Waals surface area contributed by atoms with Gasteiger partial charge in [-0.3, -0.25) is 4.79 Å². The van der Waals surface area contributed by atoms with Crippen LogP contribution in [0.15, 0.2) is 12.4 Å². The van der Waals surface area contributed by atoms with Crippen LogP contribution in [-0.4, -0.2) is 33.4 Å². The Balaban J connectivity index is 0.00000151. The Morgan fingerprint density at radius 1 is 1.16 bits per heavy atom. The van der Waals surface area contributed by atoms with Crippen LogP contribution in [0.5, 0.6) is 0 Å². The molecule has 25 heavy (non-hydrogen) atoms. The number of amides is 1. The number of rotatable bonds is 7. The average molecular weight is 350 g/mol. The largest absolute Gasteiger partial charge is 0.343 e. The number of hydrogen-bond donors (Lipinski definition) is 0. The van der Waals surface area contributed by atoms with E-state index in [0.29, 0.717) is 30.1 Å². The van der Waals surface area contributed by atoms with Gasteiger partial charge in [0, 0.05) is 44.9 Å². The summed E-state index contributed by atoms with van der Waals surface area (Å²) in [5.41, 5.74) is 0. The summed E-state index contributed by atoms with van der Waals surface area (Å²) in [7, 11) is 0. The minimum absolute atomic E-state index is 0.346. The summed E-state index contributed by atoms with van der Waals surface area (Å²) >= 11 is 0. The molecule has 2 heterocycles. The second-order valence-corrected chi connectivity index (χ2v) is 7.85. The lowest BCUT2D eigenvalue weighted by molar-refractivity contribution is -0.132. The molecule has 1 amide bonds. The summed E-state index contributed by atoms with van der Waals surface area (Å²) < 4.78 is 2.30. The van der Waals surface area contributed by atoms with Crippen molar-refractivity contribution in [2.75, 3.05) is 13.1 Å². The first-order chi connectivity index (χ1) is 12.0. The number of hydrogen-bond acceptors (Lipinski definition) is 2. The molecule has 4 heteroatoms. The fourth-order valence-corrected chi connectivity index (χ4v) is 3.30. The van der Waals surface area contributed by atoms with Gasteiger partial charge in [0.1, 0.15) is 5.82 Å². The van der Waals surface area contributed by atoms with Gasteiger partial charge in [-0.1, -0.05) is 41.5 Å². The maximum atomic E-state index is 12.2. The van der Waals surface area contributed by atoms with Crippen molar-refractivity contribution in [1.82, 2.24) is 14.5 Å². The van der Waals surface area contributed by atoms with Crippen molar-refractivity contribution < 1.29 is 4.79 Å². The lowest BCUT2D eigenvalue weighted by Crippen LogP contribution is -2.39. The summed E-state index contributed by atoms with van der Waals surface area (Å²) in [4.78, 5) is 18.8. The Hall–Kier alpha value is -1.32. The monoisotopic (exact) mass is 349 g/mol. The van der Waals surface area contributed by atoms with Gasteiger partial charge in [-0.25, -0.2) is 4.98 Å². The molecule has 1 aliphatic rings. The molecule has 1 aromatic rings. The van der Waals surface area contributed by atoms with Crippen LogP contribution in [0, 0.1) is 17.8 Å². The van der Waals surface area contributed by atoms with Crippen molar-refractivity contribution in [3.63, 3.8) is 0 Å². The van der Waals surface area contributed by atoms with E-state index in [4.69, 9.17) is 0 Å². The Morgan fingerprint density at radius 2 is 1.80 bits per heavy atom. The molecular weight excluding hydrogens is 310 g/mol. The van der Waals surface area contributed by atoms with Gasteiger partial charge in [0.05, 0.1) is 0 Å². The van der Waals surface area contributed by atoms with Crippen molar-refractivity contribution >= 4 is 5.91 Å². The average Bonchev–Trinajstić information content (AvgIpc) is 3.01. The molecule has 0 aliphatic carbocycles. The highest BCUT2D eigenvalue weighted by molar-refractivity contribution is 5.76. The highest BCUT2D eigenvalue weighted by atomic mass is 16.2. The maximum Gasteiger partial charge on any atom is 0.222 e. The lowest BCUT2D eigenvalue weighted by atomic mass is 9.92. The Bertz CT molecular complexity index is 485. The van der Waals surface area contributed by atoms with Crippen LogP contribution < -0.4 is 0 Å². The Morgan fingerprint density at radius 3 is 2.36 bits per heavy atom. The first kappa shape index (κ1) is 21.7. The molecule has 144 valence electrons. The van der Waals surface area contributed by atoms with E-state index in [1.54, 1.807) is 0 Å². The smallest absolute Gasteiger partial charge is 0.222 e. The number of imidazole rings is 1. The van der Waals surface area contributed by atoms with Gasteiger partial charge in [-0.05, 0) is 37.0 Å². The third kappa shape index (κ3) is 7.62. The summed E-state index contributed by atoms with van der Waals surface area (Å²) in [5, 5.41) is 0. The topological polar surface area (TPSA) is 38.1 Å². The molecule has 0 N–H and O–H groups in total. The molecule has 0 atom stereocenters. The normalized spacial score (nSPS) is 15.4. The highest BCUT2D eigenvalue weighted by Gasteiger charge is 2.24. The summed E-state index contributed by atoms with van der Waals surface area (Å²) in [6.45, 7) is 15.7. The molecule has 2 rings (SSSR count). The van der Waals surface area contributed by atoms with Crippen molar-refractivity contribution in [2.24, 2.45) is 17.8 Å². The first-order valence-corrected chi connectivity index (χ1v) is 10.2. The predicted octanol–water partition coefficient (Wildman–Crippen LogP) is 4.78. The zero-order valence-corrected chi connectivity index (χ0v) is 17.3. The van der Waals surface area contributed by atoms with E-state index in [9.17, 15) is 4.79 Å². The second kappa shape index (κ2) is 11.3. The lowest BCUT2D eigenvalue weighted by Gasteiger charge is -2.32. The second-order valence-electron chi connectivity index (χ2n) is 7.85. The Labute approximate surface area is 155 Å². The van der Waals surface area contributed by atoms with Gasteiger partial charge in [-0.2, -0.15) is 0 Å². The molecule has 0 saturated carbocycles. The quantitative estimate of drug-likeness (QED) is 0.710. The number of aromatic nitrogens is 2. The van der Waals surface area contributed by atoms with Crippen molar-refractivity contribution in [3.05, 3.63) is 18.2 Å². The van der Waals surface area contributed by atoms with E-state index in [1.807, 2.05) is 20.0 Å². The molecular formula is C21H39N3O. The van der Waals surface area contributed by atoms with Crippen molar-refractivity contribution in [2.45, 2.75) is 80.2 Å². The van der Waals surface area contributed by atoms with Crippen molar-refractivity contribution in [3.8, 4) is 0 Å². The van der Waals surface area contributed by atoms with Gasteiger partial charge >= 0.3 is 0 Å². The fourth-order valence-electron chi connectivity index (χ4n) is 3.30. The number of piperidine rings is 1. The van der Waals surface area contributed by atoms with E-state index in [-0.39, 0.29) is 0 Å². The van der Waals surface area contributed by atoms with Gasteiger partial charge in [0.15, 0.2) is 0 Å². The van der Waals surface area contributed by atoms with E-state index >= 15 is 0 Å². The van der Waals surface area contributed by atoms with Crippen LogP contribution >= 0.6 is 0 Å². The zero-order valence-electron chi connectivity index (χ0n) is 17.3. The molecule has 0 radical (unpaired) electrons. The van der Waals surface area contributed by atoms with Crippen LogP contribution in [0.3, 0.4) is 0 Å². The Kier molecular flexibility index (Phi) is 9.84. The molecule has 0 bridgehead atoms. The van der Waals surface area contributed by atoms with Crippen molar-refractivity contribution in [1.29, 1.82) is 0 Å². The molecule has 1 fully saturated rings. The van der Waals surface area contributed by atoms with Crippen LogP contribution in [-0.2, 0) is 17.8 Å². The standard InChI is InChI=1S/C19H33N3O.C2H6/c1-15(2)5-6-19(23)21-10-7-17(8-11-21)13-18-20-9-12-22(18)14-16(3)4;1-2/h9,12,15-17H,5-8,10-11,13-14H2,1-4H3;1-2H3. The van der Waals surface area contributed by atoms with Crippen LogP contribution in [0.1, 0.15) is 73.1 Å². The van der Waals surface area contributed by atoms with E-state index in [0.717, 1.165) is 45.3 Å². The van der Waals surface area contributed by atoms with Crippen LogP contribution in [0.25, 0.3) is 0 Å². The molecule has 4 nitrogen and oxygen atoms in total. The fraction of sp³-hybridized carbons (Fsp3) is 0.810. The minimum Gasteiger partial charge on any atom is -0.343 e. The van der Waals surface area contributed by atoms with Crippen LogP contribution in [0.2, 0.25) is 0 Å². The van der Waals surface area contributed by atoms with E-state index in [1.165, 1.54) is 5.82 Å². The van der Waals surface area contributed by atoms with Gasteiger partial charge < -0.3 is 9.47 Å². The number of likely N-dealkylation sites (tertiary alicyclic amines) is 1. The molecule has 1 saturated heterocycles. The molecule has 0 spiro atoms. The third-order valence-corrected chi connectivity index (χ3v) is 4.74. The predicted molar refractivity (Wildman–Crippen MR) is 105 cm³/mol. The zero-order chi connectivity index (χ0) is 18.8. The van der Waals surface area contributed by atoms with Gasteiger partial charge in [0.25, 0.3) is 0 Å². The minimum atomic E-state index is 0.346. The molecule has 1 aliphatic heterocycles. The van der Waals surface area contributed by atoms with E-state index < -0.39 is 0 Å². The first-order valence-electron chi connectivity index (χ1n) is 10.2. The van der Waals surface area contributed by atoms with E-state index in [2.05, 4.69) is 48.3 Å². The highest BCUT2D eigenvalue weighted by Crippen LogP contribution is 2.22. The maximum absolute atomic E-state index is 12.2. The molecule has 1 aromatic heterocycles. The number of carbonyl (C=O) groups excluding carboxylic acids is 1. The third-order valence-electron chi connectivity index (χ3n) is 4.74. The summed E-state index contributed by atoms with van der Waals surface area (Å²) in [6, 6.07) is 0. The van der Waals surface area contributed by atoms with Gasteiger partial charge in [0.2, 0.25) is 5.91 Å². The summed E-state index contributed by atoms with van der Waals surface area (Å²) in [6.07, 6.45) is 9.01. The number of carbonyl (C=O) groups is 1.